The van der Waals surface area contributed by atoms with Gasteiger partial charge in [0, 0.05) is 10.9 Å². The van der Waals surface area contributed by atoms with Crippen LogP contribution in [0.3, 0.4) is 0 Å². The number of benzene rings is 2. The van der Waals surface area contributed by atoms with Crippen LogP contribution in [0.4, 0.5) is 18.9 Å². The zero-order valence-electron chi connectivity index (χ0n) is 14.4. The number of carbonyl (C=O) groups is 1. The summed E-state index contributed by atoms with van der Waals surface area (Å²) in [5, 5.41) is 5.09. The molecule has 0 saturated heterocycles. The van der Waals surface area contributed by atoms with E-state index >= 15 is 0 Å². The van der Waals surface area contributed by atoms with Gasteiger partial charge in [-0.05, 0) is 12.1 Å². The normalized spacial score (nSPS) is 12.0. The summed E-state index contributed by atoms with van der Waals surface area (Å²) in [5.41, 5.74) is 1.48. The molecule has 4 nitrogen and oxygen atoms in total. The molecule has 0 spiro atoms. The highest BCUT2D eigenvalue weighted by Gasteiger charge is 2.18. The van der Waals surface area contributed by atoms with E-state index in [0.29, 0.717) is 6.54 Å². The third-order valence-corrected chi connectivity index (χ3v) is 4.77. The summed E-state index contributed by atoms with van der Waals surface area (Å²) in [6.07, 6.45) is 0. The lowest BCUT2D eigenvalue weighted by Gasteiger charge is -2.13. The standard InChI is InChI=1S/C19H16F3N3OS/c1-25(9-13-11-27-19(23-13)12-5-3-2-4-6-12)10-16(26)24-15-8-7-14(20)17(21)18(15)22/h2-8,11H,9-10H2,1H3,(H,24,26)/p+1. The van der Waals surface area contributed by atoms with Crippen molar-refractivity contribution in [3.05, 3.63) is 71.0 Å². The summed E-state index contributed by atoms with van der Waals surface area (Å²) in [6.45, 7) is 0.521. The number of aromatic nitrogens is 1. The maximum Gasteiger partial charge on any atom is 0.279 e. The van der Waals surface area contributed by atoms with Crippen molar-refractivity contribution in [3.8, 4) is 10.6 Å². The first-order chi connectivity index (χ1) is 12.9. The fourth-order valence-electron chi connectivity index (χ4n) is 2.56. The first-order valence-corrected chi connectivity index (χ1v) is 9.06. The van der Waals surface area contributed by atoms with Crippen molar-refractivity contribution in [1.29, 1.82) is 0 Å². The number of carbonyl (C=O) groups excluding carboxylic acids is 1. The van der Waals surface area contributed by atoms with Crippen molar-refractivity contribution in [2.45, 2.75) is 6.54 Å². The third-order valence-electron chi connectivity index (χ3n) is 3.83. The van der Waals surface area contributed by atoms with Crippen LogP contribution >= 0.6 is 11.3 Å². The van der Waals surface area contributed by atoms with E-state index < -0.39 is 23.4 Å². The number of likely N-dealkylation sites (N-methyl/N-ethyl adjacent to an activating group) is 1. The minimum absolute atomic E-state index is 0.0244. The largest absolute Gasteiger partial charge is 0.325 e. The van der Waals surface area contributed by atoms with Crippen LogP contribution in [0.1, 0.15) is 5.69 Å². The second-order valence-electron chi connectivity index (χ2n) is 6.09. The maximum atomic E-state index is 13.6. The molecule has 1 atom stereocenters. The van der Waals surface area contributed by atoms with E-state index in [1.54, 1.807) is 7.05 Å². The van der Waals surface area contributed by atoms with Crippen molar-refractivity contribution in [2.24, 2.45) is 0 Å². The van der Waals surface area contributed by atoms with Crippen molar-refractivity contribution in [2.75, 3.05) is 18.9 Å². The molecule has 1 heterocycles. The minimum atomic E-state index is -1.61. The van der Waals surface area contributed by atoms with Gasteiger partial charge in [-0.15, -0.1) is 11.3 Å². The quantitative estimate of drug-likeness (QED) is 0.634. The number of quaternary nitrogens is 1. The predicted molar refractivity (Wildman–Crippen MR) is 98.0 cm³/mol. The van der Waals surface area contributed by atoms with E-state index in [9.17, 15) is 18.0 Å². The average molecular weight is 392 g/mol. The number of rotatable bonds is 6. The van der Waals surface area contributed by atoms with Crippen molar-refractivity contribution in [3.63, 3.8) is 0 Å². The zero-order chi connectivity index (χ0) is 19.4. The molecule has 2 aromatic carbocycles. The monoisotopic (exact) mass is 392 g/mol. The number of anilines is 1. The second kappa shape index (κ2) is 8.32. The van der Waals surface area contributed by atoms with E-state index in [0.717, 1.165) is 33.3 Å². The van der Waals surface area contributed by atoms with Gasteiger partial charge in [-0.1, -0.05) is 30.3 Å². The second-order valence-corrected chi connectivity index (χ2v) is 6.95. The molecule has 27 heavy (non-hydrogen) atoms. The van der Waals surface area contributed by atoms with Gasteiger partial charge in [-0.3, -0.25) is 4.79 Å². The van der Waals surface area contributed by atoms with Gasteiger partial charge >= 0.3 is 0 Å². The molecule has 0 radical (unpaired) electrons. The van der Waals surface area contributed by atoms with Crippen LogP contribution in [-0.4, -0.2) is 24.5 Å². The van der Waals surface area contributed by atoms with Gasteiger partial charge in [-0.2, -0.15) is 0 Å². The Bertz CT molecular complexity index is 947. The lowest BCUT2D eigenvalue weighted by molar-refractivity contribution is -0.885. The van der Waals surface area contributed by atoms with Crippen molar-refractivity contribution in [1.82, 2.24) is 4.98 Å². The Kier molecular flexibility index (Phi) is 5.88. The van der Waals surface area contributed by atoms with Gasteiger partial charge in [0.2, 0.25) is 0 Å². The lowest BCUT2D eigenvalue weighted by Crippen LogP contribution is -3.08. The fourth-order valence-corrected chi connectivity index (χ4v) is 3.39. The molecule has 1 unspecified atom stereocenters. The summed E-state index contributed by atoms with van der Waals surface area (Å²) in [7, 11) is 1.79. The lowest BCUT2D eigenvalue weighted by atomic mass is 10.2. The van der Waals surface area contributed by atoms with Crippen LogP contribution in [0.25, 0.3) is 10.6 Å². The van der Waals surface area contributed by atoms with E-state index in [1.165, 1.54) is 11.3 Å². The Morgan fingerprint density at radius 1 is 1.11 bits per heavy atom. The maximum absolute atomic E-state index is 13.6. The summed E-state index contributed by atoms with van der Waals surface area (Å²) in [5.74, 6) is -4.82. The summed E-state index contributed by atoms with van der Waals surface area (Å²) >= 11 is 1.52. The first kappa shape index (κ1) is 19.1. The van der Waals surface area contributed by atoms with Gasteiger partial charge in [-0.25, -0.2) is 18.2 Å². The molecule has 140 valence electrons. The molecule has 1 amide bonds. The Labute approximate surface area is 158 Å². The average Bonchev–Trinajstić information content (AvgIpc) is 3.11. The van der Waals surface area contributed by atoms with E-state index in [4.69, 9.17) is 0 Å². The molecule has 2 N–H and O–H groups in total. The van der Waals surface area contributed by atoms with Crippen LogP contribution in [0.2, 0.25) is 0 Å². The predicted octanol–water partition coefficient (Wildman–Crippen LogP) is 2.88. The number of hydrogen-bond donors (Lipinski definition) is 2. The number of amides is 1. The van der Waals surface area contributed by atoms with E-state index in [1.807, 2.05) is 35.7 Å². The number of nitrogens with zero attached hydrogens (tertiary/aromatic N) is 1. The smallest absolute Gasteiger partial charge is 0.279 e. The molecule has 0 aliphatic carbocycles. The molecule has 1 aromatic heterocycles. The Balaban J connectivity index is 1.58. The number of thiazole rings is 1. The molecule has 8 heteroatoms. The van der Waals surface area contributed by atoms with Crippen molar-refractivity contribution < 1.29 is 22.9 Å². The summed E-state index contributed by atoms with van der Waals surface area (Å²) in [6, 6.07) is 11.5. The van der Waals surface area contributed by atoms with Gasteiger partial charge in [0.1, 0.15) is 17.2 Å². The zero-order valence-corrected chi connectivity index (χ0v) is 15.2. The first-order valence-electron chi connectivity index (χ1n) is 8.18. The molecule has 0 aliphatic heterocycles. The van der Waals surface area contributed by atoms with Crippen LogP contribution in [0, 0.1) is 17.5 Å². The highest BCUT2D eigenvalue weighted by Crippen LogP contribution is 2.23. The molecule has 3 aromatic rings. The Hall–Kier alpha value is -2.71. The number of hydrogen-bond acceptors (Lipinski definition) is 3. The molecule has 0 bridgehead atoms. The minimum Gasteiger partial charge on any atom is -0.325 e. The topological polar surface area (TPSA) is 46.4 Å². The van der Waals surface area contributed by atoms with E-state index in [2.05, 4.69) is 10.3 Å². The van der Waals surface area contributed by atoms with Crippen LogP contribution < -0.4 is 10.2 Å². The van der Waals surface area contributed by atoms with E-state index in [-0.39, 0.29) is 12.2 Å². The fraction of sp³-hybridized carbons (Fsp3) is 0.158. The van der Waals surface area contributed by atoms with Crippen molar-refractivity contribution >= 4 is 22.9 Å². The summed E-state index contributed by atoms with van der Waals surface area (Å²) < 4.78 is 39.8. The highest BCUT2D eigenvalue weighted by atomic mass is 32.1. The van der Waals surface area contributed by atoms with Crippen LogP contribution in [0.5, 0.6) is 0 Å². The number of halogens is 3. The highest BCUT2D eigenvalue weighted by molar-refractivity contribution is 7.13. The summed E-state index contributed by atoms with van der Waals surface area (Å²) in [4.78, 5) is 17.4. The van der Waals surface area contributed by atoms with Gasteiger partial charge in [0.15, 0.2) is 24.0 Å². The molecular weight excluding hydrogens is 375 g/mol. The molecule has 3 rings (SSSR count). The molecule has 0 saturated carbocycles. The van der Waals surface area contributed by atoms with Crippen LogP contribution in [-0.2, 0) is 11.3 Å². The molecule has 0 aliphatic rings. The van der Waals surface area contributed by atoms with Crippen LogP contribution in [0.15, 0.2) is 47.8 Å². The SMILES string of the molecule is C[NH+](CC(=O)Nc1ccc(F)c(F)c1F)Cc1csc(-c2ccccc2)n1. The van der Waals surface area contributed by atoms with Gasteiger partial charge in [0.25, 0.3) is 5.91 Å². The van der Waals surface area contributed by atoms with Gasteiger partial charge in [0.05, 0.1) is 12.7 Å². The Morgan fingerprint density at radius 2 is 1.85 bits per heavy atom. The molecule has 0 fully saturated rings. The molecular formula is C19H17F3N3OS+. The van der Waals surface area contributed by atoms with Gasteiger partial charge < -0.3 is 10.2 Å². The number of nitrogens with one attached hydrogen (secondary N) is 2. The Morgan fingerprint density at radius 3 is 2.59 bits per heavy atom. The third kappa shape index (κ3) is 4.72.